The van der Waals surface area contributed by atoms with Crippen LogP contribution in [-0.2, 0) is 4.79 Å². The fourth-order valence-corrected chi connectivity index (χ4v) is 1.42. The second-order valence-corrected chi connectivity index (χ2v) is 4.63. The SMILES string of the molecule is CCOc1cc(NC(=O)C(C)(C)NC)ccc1OC. The van der Waals surface area contributed by atoms with E-state index in [-0.39, 0.29) is 5.91 Å². The summed E-state index contributed by atoms with van der Waals surface area (Å²) in [7, 11) is 3.33. The number of hydrogen-bond donors (Lipinski definition) is 2. The standard InChI is InChI=1S/C14H22N2O3/c1-6-19-12-9-10(7-8-11(12)18-5)16-13(17)14(2,3)15-4/h7-9,15H,6H2,1-5H3,(H,16,17). The van der Waals surface area contributed by atoms with Crippen LogP contribution in [0, 0.1) is 0 Å². The van der Waals surface area contributed by atoms with Crippen LogP contribution < -0.4 is 20.1 Å². The van der Waals surface area contributed by atoms with Gasteiger partial charge in [-0.3, -0.25) is 4.79 Å². The molecule has 19 heavy (non-hydrogen) atoms. The molecule has 1 aromatic carbocycles. The number of hydrogen-bond acceptors (Lipinski definition) is 4. The van der Waals surface area contributed by atoms with Gasteiger partial charge in [-0.25, -0.2) is 0 Å². The van der Waals surface area contributed by atoms with Gasteiger partial charge < -0.3 is 20.1 Å². The summed E-state index contributed by atoms with van der Waals surface area (Å²) in [4.78, 5) is 12.0. The van der Waals surface area contributed by atoms with E-state index >= 15 is 0 Å². The zero-order valence-electron chi connectivity index (χ0n) is 12.2. The molecule has 0 fully saturated rings. The molecule has 106 valence electrons. The number of carbonyl (C=O) groups excluding carboxylic acids is 1. The zero-order chi connectivity index (χ0) is 14.5. The second-order valence-electron chi connectivity index (χ2n) is 4.63. The molecule has 1 rings (SSSR count). The van der Waals surface area contributed by atoms with Crippen molar-refractivity contribution in [1.29, 1.82) is 0 Å². The Bertz CT molecular complexity index is 444. The molecule has 0 heterocycles. The Labute approximate surface area is 114 Å². The molecule has 0 saturated heterocycles. The van der Waals surface area contributed by atoms with Gasteiger partial charge >= 0.3 is 0 Å². The van der Waals surface area contributed by atoms with Gasteiger partial charge in [-0.15, -0.1) is 0 Å². The molecule has 1 amide bonds. The summed E-state index contributed by atoms with van der Waals surface area (Å²) in [5, 5.41) is 5.80. The average Bonchev–Trinajstić information content (AvgIpc) is 2.39. The molecular weight excluding hydrogens is 244 g/mol. The van der Waals surface area contributed by atoms with Crippen molar-refractivity contribution in [2.75, 3.05) is 26.1 Å². The number of rotatable bonds is 6. The summed E-state index contributed by atoms with van der Waals surface area (Å²) < 4.78 is 10.7. The lowest BCUT2D eigenvalue weighted by Crippen LogP contribution is -2.47. The predicted octanol–water partition coefficient (Wildman–Crippen LogP) is 2.03. The summed E-state index contributed by atoms with van der Waals surface area (Å²) in [5.74, 6) is 1.15. The quantitative estimate of drug-likeness (QED) is 0.827. The fourth-order valence-electron chi connectivity index (χ4n) is 1.42. The molecular formula is C14H22N2O3. The number of likely N-dealkylation sites (N-methyl/N-ethyl adjacent to an activating group) is 1. The topological polar surface area (TPSA) is 59.6 Å². The summed E-state index contributed by atoms with van der Waals surface area (Å²) in [6.07, 6.45) is 0. The lowest BCUT2D eigenvalue weighted by Gasteiger charge is -2.23. The van der Waals surface area contributed by atoms with Gasteiger partial charge in [0, 0.05) is 11.8 Å². The number of ether oxygens (including phenoxy) is 2. The van der Waals surface area contributed by atoms with Crippen molar-refractivity contribution in [2.24, 2.45) is 0 Å². The number of amides is 1. The molecule has 5 nitrogen and oxygen atoms in total. The van der Waals surface area contributed by atoms with Crippen molar-refractivity contribution < 1.29 is 14.3 Å². The molecule has 0 aliphatic carbocycles. The second kappa shape index (κ2) is 6.43. The third-order valence-electron chi connectivity index (χ3n) is 2.91. The molecule has 0 aliphatic heterocycles. The first-order valence-corrected chi connectivity index (χ1v) is 6.25. The first kappa shape index (κ1) is 15.3. The molecule has 0 bridgehead atoms. The van der Waals surface area contributed by atoms with E-state index in [1.807, 2.05) is 20.8 Å². The predicted molar refractivity (Wildman–Crippen MR) is 75.9 cm³/mol. The van der Waals surface area contributed by atoms with E-state index in [2.05, 4.69) is 10.6 Å². The molecule has 0 unspecified atom stereocenters. The molecule has 0 atom stereocenters. The summed E-state index contributed by atoms with van der Waals surface area (Å²) in [6.45, 7) is 6.06. The molecule has 5 heteroatoms. The van der Waals surface area contributed by atoms with Crippen LogP contribution in [0.2, 0.25) is 0 Å². The number of methoxy groups -OCH3 is 1. The molecule has 0 radical (unpaired) electrons. The molecule has 1 aromatic rings. The summed E-state index contributed by atoms with van der Waals surface area (Å²) in [5.41, 5.74) is 0.0451. The maximum Gasteiger partial charge on any atom is 0.244 e. The Morgan fingerprint density at radius 2 is 2.00 bits per heavy atom. The third-order valence-corrected chi connectivity index (χ3v) is 2.91. The van der Waals surface area contributed by atoms with Crippen molar-refractivity contribution in [3.63, 3.8) is 0 Å². The highest BCUT2D eigenvalue weighted by atomic mass is 16.5. The van der Waals surface area contributed by atoms with Gasteiger partial charge in [0.1, 0.15) is 0 Å². The number of nitrogens with one attached hydrogen (secondary N) is 2. The normalized spacial score (nSPS) is 11.0. The van der Waals surface area contributed by atoms with Crippen molar-refractivity contribution >= 4 is 11.6 Å². The van der Waals surface area contributed by atoms with Crippen LogP contribution >= 0.6 is 0 Å². The largest absolute Gasteiger partial charge is 0.493 e. The lowest BCUT2D eigenvalue weighted by atomic mass is 10.1. The molecule has 0 spiro atoms. The maximum atomic E-state index is 12.0. The van der Waals surface area contributed by atoms with Crippen molar-refractivity contribution in [3.05, 3.63) is 18.2 Å². The molecule has 0 aliphatic rings. The van der Waals surface area contributed by atoms with E-state index in [0.29, 0.717) is 23.8 Å². The highest BCUT2D eigenvalue weighted by Crippen LogP contribution is 2.30. The minimum atomic E-state index is -0.633. The number of anilines is 1. The maximum absolute atomic E-state index is 12.0. The van der Waals surface area contributed by atoms with Gasteiger partial charge in [0.05, 0.1) is 19.3 Å². The smallest absolute Gasteiger partial charge is 0.244 e. The zero-order valence-corrected chi connectivity index (χ0v) is 12.2. The Balaban J connectivity index is 2.91. The minimum absolute atomic E-state index is 0.109. The first-order valence-electron chi connectivity index (χ1n) is 6.25. The van der Waals surface area contributed by atoms with Crippen molar-refractivity contribution in [1.82, 2.24) is 5.32 Å². The number of carbonyl (C=O) groups is 1. The lowest BCUT2D eigenvalue weighted by molar-refractivity contribution is -0.121. The average molecular weight is 266 g/mol. The summed E-state index contributed by atoms with van der Waals surface area (Å²) in [6, 6.07) is 5.31. The van der Waals surface area contributed by atoms with Crippen molar-refractivity contribution in [2.45, 2.75) is 26.3 Å². The highest BCUT2D eigenvalue weighted by molar-refractivity contribution is 5.97. The van der Waals surface area contributed by atoms with E-state index in [0.717, 1.165) is 0 Å². The van der Waals surface area contributed by atoms with Crippen LogP contribution in [0.1, 0.15) is 20.8 Å². The first-order chi connectivity index (χ1) is 8.94. The van der Waals surface area contributed by atoms with Gasteiger partial charge in [0.15, 0.2) is 11.5 Å². The molecule has 0 aromatic heterocycles. The van der Waals surface area contributed by atoms with E-state index in [4.69, 9.17) is 9.47 Å². The highest BCUT2D eigenvalue weighted by Gasteiger charge is 2.25. The number of benzene rings is 1. The van der Waals surface area contributed by atoms with Crippen LogP contribution in [-0.4, -0.2) is 32.2 Å². The monoisotopic (exact) mass is 266 g/mol. The van der Waals surface area contributed by atoms with E-state index < -0.39 is 5.54 Å². The molecule has 0 saturated carbocycles. The van der Waals surface area contributed by atoms with Gasteiger partial charge in [-0.2, -0.15) is 0 Å². The Morgan fingerprint density at radius 1 is 1.32 bits per heavy atom. The molecule has 2 N–H and O–H groups in total. The Kier molecular flexibility index (Phi) is 5.18. The van der Waals surface area contributed by atoms with Gasteiger partial charge in [0.25, 0.3) is 0 Å². The van der Waals surface area contributed by atoms with Gasteiger partial charge in [-0.05, 0) is 40.0 Å². The third kappa shape index (κ3) is 3.86. The summed E-state index contributed by atoms with van der Waals surface area (Å²) >= 11 is 0. The van der Waals surface area contributed by atoms with Crippen LogP contribution in [0.5, 0.6) is 11.5 Å². The van der Waals surface area contributed by atoms with Crippen LogP contribution in [0.15, 0.2) is 18.2 Å². The van der Waals surface area contributed by atoms with Crippen molar-refractivity contribution in [3.8, 4) is 11.5 Å². The Hall–Kier alpha value is -1.75. The van der Waals surface area contributed by atoms with Gasteiger partial charge in [-0.1, -0.05) is 0 Å². The van der Waals surface area contributed by atoms with E-state index in [9.17, 15) is 4.79 Å². The van der Waals surface area contributed by atoms with E-state index in [1.165, 1.54) is 0 Å². The van der Waals surface area contributed by atoms with E-state index in [1.54, 1.807) is 32.4 Å². The van der Waals surface area contributed by atoms with Gasteiger partial charge in [0.2, 0.25) is 5.91 Å². The fraction of sp³-hybridized carbons (Fsp3) is 0.500. The van der Waals surface area contributed by atoms with Crippen LogP contribution in [0.4, 0.5) is 5.69 Å². The minimum Gasteiger partial charge on any atom is -0.493 e. The van der Waals surface area contributed by atoms with Crippen LogP contribution in [0.3, 0.4) is 0 Å². The Morgan fingerprint density at radius 3 is 2.53 bits per heavy atom. The van der Waals surface area contributed by atoms with Crippen LogP contribution in [0.25, 0.3) is 0 Å².